The van der Waals surface area contributed by atoms with Crippen molar-refractivity contribution in [1.82, 2.24) is 0 Å². The summed E-state index contributed by atoms with van der Waals surface area (Å²) in [5, 5.41) is 12.2. The van der Waals surface area contributed by atoms with Crippen LogP contribution >= 0.6 is 0 Å². The molecule has 4 heteroatoms. The Hall–Kier alpha value is -1.03. The quantitative estimate of drug-likeness (QED) is 0.328. The molecule has 0 bridgehead atoms. The molecule has 0 aliphatic rings. The third kappa shape index (κ3) is 1.98. The van der Waals surface area contributed by atoms with Crippen LogP contribution in [0.3, 0.4) is 0 Å². The van der Waals surface area contributed by atoms with Crippen LogP contribution < -0.4 is 5.38 Å². The van der Waals surface area contributed by atoms with Gasteiger partial charge in [-0.2, -0.15) is 0 Å². The molecule has 0 aliphatic heterocycles. The van der Waals surface area contributed by atoms with E-state index in [-0.39, 0.29) is 0 Å². The van der Waals surface area contributed by atoms with Crippen molar-refractivity contribution >= 4 is 19.7 Å². The van der Waals surface area contributed by atoms with Crippen LogP contribution in [0, 0.1) is 0 Å². The van der Waals surface area contributed by atoms with Crippen molar-refractivity contribution in [2.75, 3.05) is 0 Å². The summed E-state index contributed by atoms with van der Waals surface area (Å²) in [6, 6.07) is 3.76. The average molecular weight is 183 g/mol. The molecule has 0 amide bonds. The van der Waals surface area contributed by atoms with E-state index < -0.39 is 8.07 Å². The number of hydrogen-bond donors (Lipinski definition) is 1. The largest absolute Gasteiger partial charge is 0.465 e. The monoisotopic (exact) mass is 183 g/mol. The zero-order valence-electron chi connectivity index (χ0n) is 7.53. The molecular formula is C8H13NO2Si. The molecule has 0 radical (unpaired) electrons. The van der Waals surface area contributed by atoms with Crippen LogP contribution in [0.15, 0.2) is 21.7 Å². The third-order valence-corrected chi connectivity index (χ3v) is 3.30. The van der Waals surface area contributed by atoms with Crippen LogP contribution in [-0.2, 0) is 0 Å². The van der Waals surface area contributed by atoms with Gasteiger partial charge in [0, 0.05) is 0 Å². The van der Waals surface area contributed by atoms with E-state index in [2.05, 4.69) is 24.8 Å². The second kappa shape index (κ2) is 3.14. The summed E-state index contributed by atoms with van der Waals surface area (Å²) in [7, 11) is -1.35. The SMILES string of the molecule is C[Si](C)(C)c1ccc(/C=N\O)o1. The lowest BCUT2D eigenvalue weighted by Gasteiger charge is -2.10. The maximum absolute atomic E-state index is 8.25. The fraction of sp³-hybridized carbons (Fsp3) is 0.375. The molecule has 0 aliphatic carbocycles. The van der Waals surface area contributed by atoms with Gasteiger partial charge in [-0.05, 0) is 12.1 Å². The summed E-state index contributed by atoms with van der Waals surface area (Å²) in [6.07, 6.45) is 1.30. The molecule has 1 N–H and O–H groups in total. The van der Waals surface area contributed by atoms with Gasteiger partial charge < -0.3 is 9.62 Å². The summed E-state index contributed by atoms with van der Waals surface area (Å²) < 4.78 is 5.44. The number of oxime groups is 1. The molecule has 1 aromatic rings. The van der Waals surface area contributed by atoms with E-state index in [0.717, 1.165) is 5.38 Å². The molecule has 12 heavy (non-hydrogen) atoms. The summed E-state index contributed by atoms with van der Waals surface area (Å²) in [4.78, 5) is 0. The first-order valence-corrected chi connectivity index (χ1v) is 7.32. The minimum atomic E-state index is -1.35. The topological polar surface area (TPSA) is 45.7 Å². The Labute approximate surface area is 72.7 Å². The van der Waals surface area contributed by atoms with Crippen LogP contribution in [0.1, 0.15) is 5.76 Å². The summed E-state index contributed by atoms with van der Waals surface area (Å²) in [5.41, 5.74) is 0. The van der Waals surface area contributed by atoms with E-state index in [1.54, 1.807) is 0 Å². The van der Waals surface area contributed by atoms with Crippen LogP contribution in [-0.4, -0.2) is 19.5 Å². The van der Waals surface area contributed by atoms with Gasteiger partial charge >= 0.3 is 0 Å². The molecule has 0 spiro atoms. The van der Waals surface area contributed by atoms with E-state index in [0.29, 0.717) is 5.76 Å². The molecule has 1 heterocycles. The fourth-order valence-electron chi connectivity index (χ4n) is 0.882. The van der Waals surface area contributed by atoms with E-state index in [1.165, 1.54) is 6.21 Å². The first-order valence-electron chi connectivity index (χ1n) is 3.82. The van der Waals surface area contributed by atoms with Gasteiger partial charge in [-0.3, -0.25) is 0 Å². The second-order valence-corrected chi connectivity index (χ2v) is 8.69. The smallest absolute Gasteiger partial charge is 0.147 e. The van der Waals surface area contributed by atoms with E-state index in [9.17, 15) is 0 Å². The second-order valence-electron chi connectivity index (χ2n) is 3.70. The van der Waals surface area contributed by atoms with Gasteiger partial charge in [-0.25, -0.2) is 0 Å². The number of rotatable bonds is 2. The lowest BCUT2D eigenvalue weighted by atomic mass is 10.5. The van der Waals surface area contributed by atoms with Crippen LogP contribution in [0.25, 0.3) is 0 Å². The summed E-state index contributed by atoms with van der Waals surface area (Å²) in [6.45, 7) is 6.60. The van der Waals surface area contributed by atoms with Crippen molar-refractivity contribution in [3.8, 4) is 0 Å². The summed E-state index contributed by atoms with van der Waals surface area (Å²) >= 11 is 0. The Bertz CT molecular complexity index is 285. The Morgan fingerprint density at radius 2 is 2.08 bits per heavy atom. The Kier molecular flexibility index (Phi) is 2.37. The van der Waals surface area contributed by atoms with Gasteiger partial charge in [-0.15, -0.1) is 0 Å². The Balaban J connectivity index is 2.92. The molecular weight excluding hydrogens is 170 g/mol. The van der Waals surface area contributed by atoms with Gasteiger partial charge in [0.05, 0.1) is 5.38 Å². The highest BCUT2D eigenvalue weighted by Gasteiger charge is 2.20. The molecule has 0 atom stereocenters. The molecule has 0 fully saturated rings. The minimum Gasteiger partial charge on any atom is -0.465 e. The van der Waals surface area contributed by atoms with Crippen molar-refractivity contribution in [1.29, 1.82) is 0 Å². The van der Waals surface area contributed by atoms with E-state index >= 15 is 0 Å². The molecule has 66 valence electrons. The molecule has 0 saturated heterocycles. The molecule has 1 aromatic heterocycles. The standard InChI is InChI=1S/C8H13NO2Si/c1-12(2,3)8-5-4-7(11-8)6-9-10/h4-6,10H,1-3H3/b9-6-. The van der Waals surface area contributed by atoms with Crippen molar-refractivity contribution < 1.29 is 9.62 Å². The predicted octanol–water partition coefficient (Wildman–Crippen LogP) is 1.63. The first kappa shape index (κ1) is 9.06. The van der Waals surface area contributed by atoms with Gasteiger partial charge in [0.15, 0.2) is 0 Å². The maximum atomic E-state index is 8.25. The number of furan rings is 1. The van der Waals surface area contributed by atoms with Gasteiger partial charge in [0.2, 0.25) is 0 Å². The fourth-order valence-corrected chi connectivity index (χ4v) is 1.89. The summed E-state index contributed by atoms with van der Waals surface area (Å²) in [5.74, 6) is 0.606. The van der Waals surface area contributed by atoms with Crippen molar-refractivity contribution in [2.24, 2.45) is 5.16 Å². The van der Waals surface area contributed by atoms with Crippen molar-refractivity contribution in [2.45, 2.75) is 19.6 Å². The van der Waals surface area contributed by atoms with Crippen LogP contribution in [0.5, 0.6) is 0 Å². The zero-order chi connectivity index (χ0) is 9.19. The molecule has 1 rings (SSSR count). The Morgan fingerprint density at radius 1 is 1.42 bits per heavy atom. The normalized spacial score (nSPS) is 12.6. The van der Waals surface area contributed by atoms with Crippen LogP contribution in [0.2, 0.25) is 19.6 Å². The van der Waals surface area contributed by atoms with E-state index in [4.69, 9.17) is 9.62 Å². The molecule has 3 nitrogen and oxygen atoms in total. The maximum Gasteiger partial charge on any atom is 0.147 e. The van der Waals surface area contributed by atoms with Gasteiger partial charge in [0.1, 0.15) is 20.0 Å². The van der Waals surface area contributed by atoms with Crippen LogP contribution in [0.4, 0.5) is 0 Å². The zero-order valence-corrected chi connectivity index (χ0v) is 8.53. The van der Waals surface area contributed by atoms with Gasteiger partial charge in [-0.1, -0.05) is 24.8 Å². The van der Waals surface area contributed by atoms with Crippen molar-refractivity contribution in [3.05, 3.63) is 17.9 Å². The third-order valence-electron chi connectivity index (χ3n) is 1.55. The minimum absolute atomic E-state index is 0.606. The van der Waals surface area contributed by atoms with Gasteiger partial charge in [0.25, 0.3) is 0 Å². The highest BCUT2D eigenvalue weighted by atomic mass is 28.3. The van der Waals surface area contributed by atoms with E-state index in [1.807, 2.05) is 12.1 Å². The highest BCUT2D eigenvalue weighted by Crippen LogP contribution is 2.04. The highest BCUT2D eigenvalue weighted by molar-refractivity contribution is 6.87. The number of hydrogen-bond acceptors (Lipinski definition) is 3. The molecule has 0 unspecified atom stereocenters. The van der Waals surface area contributed by atoms with Crippen molar-refractivity contribution in [3.63, 3.8) is 0 Å². The Morgan fingerprint density at radius 3 is 2.50 bits per heavy atom. The number of nitrogens with zero attached hydrogens (tertiary/aromatic N) is 1. The molecule has 0 saturated carbocycles. The predicted molar refractivity (Wildman–Crippen MR) is 51.1 cm³/mol. The lowest BCUT2D eigenvalue weighted by Crippen LogP contribution is -2.36. The molecule has 0 aromatic carbocycles. The average Bonchev–Trinajstić information content (AvgIpc) is 2.35. The first-order chi connectivity index (χ1) is 5.54. The lowest BCUT2D eigenvalue weighted by molar-refractivity contribution is 0.321.